The Bertz CT molecular complexity index is 3040. The van der Waals surface area contributed by atoms with E-state index in [2.05, 4.69) is 14.2 Å². The minimum Gasteiger partial charge on any atom is -0.459 e. The number of aliphatic hydroxyl groups is 1. The van der Waals surface area contributed by atoms with Gasteiger partial charge in [0, 0.05) is 18.9 Å². The molecular formula is C66H83F12NO25. The molecule has 1 heterocycles. The fourth-order valence-corrected chi connectivity index (χ4v) is 8.82. The molecule has 2 aromatic rings. The van der Waals surface area contributed by atoms with Crippen molar-refractivity contribution in [1.29, 1.82) is 0 Å². The van der Waals surface area contributed by atoms with Crippen LogP contribution in [0.3, 0.4) is 0 Å². The fraction of sp³-hybridized carbons (Fsp3) is 0.621. The summed E-state index contributed by atoms with van der Waals surface area (Å²) >= 11 is 0. The maximum Gasteiger partial charge on any atom is 0.313 e. The van der Waals surface area contributed by atoms with Crippen molar-refractivity contribution in [1.82, 2.24) is 4.90 Å². The van der Waals surface area contributed by atoms with Crippen molar-refractivity contribution in [2.45, 2.75) is 62.5 Å². The molecule has 5 atom stereocenters. The van der Waals surface area contributed by atoms with Crippen LogP contribution in [0, 0.1) is 23.3 Å². The Kier molecular flexibility index (Phi) is 42.2. The molecule has 5 rings (SSSR count). The Morgan fingerprint density at radius 3 is 1.29 bits per heavy atom. The largest absolute Gasteiger partial charge is 0.459 e. The average molecular weight is 1520 g/mol. The summed E-state index contributed by atoms with van der Waals surface area (Å²) in [5, 5.41) is 10.3. The highest BCUT2D eigenvalue weighted by molar-refractivity contribution is 6.21. The van der Waals surface area contributed by atoms with Crippen molar-refractivity contribution in [2.24, 2.45) is 0 Å². The van der Waals surface area contributed by atoms with Crippen LogP contribution in [0.5, 0.6) is 5.75 Å². The van der Waals surface area contributed by atoms with Crippen LogP contribution in [0.25, 0.3) is 0 Å². The summed E-state index contributed by atoms with van der Waals surface area (Å²) in [5.74, 6) is -26.9. The number of benzene rings is 2. The predicted molar refractivity (Wildman–Crippen MR) is 330 cm³/mol. The molecule has 5 unspecified atom stereocenters. The van der Waals surface area contributed by atoms with E-state index in [4.69, 9.17) is 75.8 Å². The number of hydrogen-bond donors (Lipinski definition) is 1. The average Bonchev–Trinajstić information content (AvgIpc) is 1.61. The van der Waals surface area contributed by atoms with Crippen LogP contribution in [0.1, 0.15) is 52.8 Å². The number of carbonyl (C=O) groups is 5. The number of esters is 3. The van der Waals surface area contributed by atoms with Gasteiger partial charge in [-0.1, -0.05) is 12.1 Å². The lowest BCUT2D eigenvalue weighted by Crippen LogP contribution is -2.49. The van der Waals surface area contributed by atoms with E-state index < -0.39 is 190 Å². The quantitative estimate of drug-likeness (QED) is 0.0130. The number of imide groups is 1. The van der Waals surface area contributed by atoms with Crippen LogP contribution in [-0.2, 0) is 99.6 Å². The first-order valence-corrected chi connectivity index (χ1v) is 32.7. The normalized spacial score (nSPS) is 17.1. The Labute approximate surface area is 589 Å². The Morgan fingerprint density at radius 1 is 0.481 bits per heavy atom. The molecule has 26 nitrogen and oxygen atoms in total. The molecule has 2 aromatic carbocycles. The number of allylic oxidation sites excluding steroid dienone is 7. The highest BCUT2D eigenvalue weighted by atomic mass is 19.2. The van der Waals surface area contributed by atoms with E-state index in [1.807, 2.05) is 0 Å². The molecule has 104 heavy (non-hydrogen) atoms. The molecule has 38 heteroatoms. The maximum atomic E-state index is 14.3. The maximum absolute atomic E-state index is 14.3. The van der Waals surface area contributed by atoms with Crippen LogP contribution in [-0.4, -0.2) is 275 Å². The lowest BCUT2D eigenvalue weighted by Gasteiger charge is -2.33. The van der Waals surface area contributed by atoms with Crippen LogP contribution < -0.4 is 4.74 Å². The van der Waals surface area contributed by atoms with Gasteiger partial charge in [-0.15, -0.1) is 0 Å². The summed E-state index contributed by atoms with van der Waals surface area (Å²) < 4.78 is 270. The third-order valence-electron chi connectivity index (χ3n) is 14.0. The van der Waals surface area contributed by atoms with Gasteiger partial charge in [-0.3, -0.25) is 28.9 Å². The van der Waals surface area contributed by atoms with Crippen molar-refractivity contribution >= 4 is 29.7 Å². The summed E-state index contributed by atoms with van der Waals surface area (Å²) in [6.07, 6.45) is -15.0. The summed E-state index contributed by atoms with van der Waals surface area (Å²) in [6.45, 7) is 1.58. The van der Waals surface area contributed by atoms with Gasteiger partial charge >= 0.3 is 17.9 Å². The standard InChI is InChI=1S/C66H83F12NO25/c67-45-37-46(68)56(74)61(55(45)73)101-51(80)5-11-98-40-66(41-99-12-6-52(81)102-62-57(75)47(69)38-48(70)58(62)76,42-100-13-7-53(82)103-63-59(77)49(71)39-50(72)60(63)78)104-54(83)8-10-86-15-17-88-19-21-90-23-25-92-27-29-94-31-33-96-35-36-97-34-32-95-30-28-93-26-24-91-22-20-89-18-16-87-14-9-79-64(84)43-3-1-2-4-44(43)65(79)85/h1-4,37-38,45,49,52,55,81H,5-36,39-42H2. The fourth-order valence-electron chi connectivity index (χ4n) is 8.82. The molecule has 0 radical (unpaired) electrons. The molecule has 3 aliphatic rings. The van der Waals surface area contributed by atoms with Gasteiger partial charge in [0.1, 0.15) is 5.83 Å². The molecule has 1 aliphatic heterocycles. The molecule has 2 aliphatic carbocycles. The highest BCUT2D eigenvalue weighted by Crippen LogP contribution is 2.36. The molecule has 0 spiro atoms. The number of ether oxygens (including phenoxy) is 19. The Balaban J connectivity index is 0.888. The van der Waals surface area contributed by atoms with Gasteiger partial charge in [0.05, 0.1) is 235 Å². The zero-order chi connectivity index (χ0) is 75.5. The van der Waals surface area contributed by atoms with Crippen LogP contribution in [0.15, 0.2) is 77.1 Å². The number of nitrogens with zero attached hydrogens (tertiary/aromatic N) is 1. The topological polar surface area (TPSA) is 284 Å². The molecular weight excluding hydrogens is 1430 g/mol. The third-order valence-corrected chi connectivity index (χ3v) is 14.0. The predicted octanol–water partition coefficient (Wildman–Crippen LogP) is 7.21. The molecule has 0 bridgehead atoms. The van der Waals surface area contributed by atoms with E-state index in [0.717, 1.165) is 0 Å². The van der Waals surface area contributed by atoms with Gasteiger partial charge in [0.25, 0.3) is 11.8 Å². The van der Waals surface area contributed by atoms with Crippen LogP contribution in [0.4, 0.5) is 52.7 Å². The second-order valence-corrected chi connectivity index (χ2v) is 21.9. The Hall–Kier alpha value is -6.73. The van der Waals surface area contributed by atoms with Crippen molar-refractivity contribution in [3.8, 4) is 5.75 Å². The lowest BCUT2D eigenvalue weighted by atomic mass is 10.1. The van der Waals surface area contributed by atoms with Gasteiger partial charge in [0.2, 0.25) is 17.4 Å². The van der Waals surface area contributed by atoms with Gasteiger partial charge < -0.3 is 95.1 Å². The van der Waals surface area contributed by atoms with E-state index in [1.165, 1.54) is 4.90 Å². The van der Waals surface area contributed by atoms with Gasteiger partial charge in [-0.2, -0.15) is 17.6 Å². The number of alkyl halides is 3. The zero-order valence-electron chi connectivity index (χ0n) is 56.5. The van der Waals surface area contributed by atoms with Crippen molar-refractivity contribution in [3.63, 3.8) is 0 Å². The van der Waals surface area contributed by atoms with Crippen LogP contribution >= 0.6 is 0 Å². The molecule has 1 N–H and O–H groups in total. The molecule has 0 fully saturated rings. The summed E-state index contributed by atoms with van der Waals surface area (Å²) in [7, 11) is 0. The number of hydrogen-bond acceptors (Lipinski definition) is 25. The second kappa shape index (κ2) is 49.9. The first-order valence-electron chi connectivity index (χ1n) is 32.7. The van der Waals surface area contributed by atoms with Crippen molar-refractivity contribution < 1.29 is 172 Å². The first kappa shape index (κ1) is 87.9. The molecule has 0 saturated carbocycles. The smallest absolute Gasteiger partial charge is 0.313 e. The number of amides is 2. The molecule has 2 amide bonds. The van der Waals surface area contributed by atoms with E-state index in [1.54, 1.807) is 24.3 Å². The number of halogens is 12. The van der Waals surface area contributed by atoms with Gasteiger partial charge in [-0.25, -0.2) is 35.1 Å². The number of aliphatic hydroxyl groups excluding tert-OH is 1. The van der Waals surface area contributed by atoms with E-state index >= 15 is 0 Å². The number of rotatable bonds is 59. The summed E-state index contributed by atoms with van der Waals surface area (Å²) in [5.41, 5.74) is -1.44. The monoisotopic (exact) mass is 1520 g/mol. The van der Waals surface area contributed by atoms with Crippen molar-refractivity contribution in [2.75, 3.05) is 205 Å². The summed E-state index contributed by atoms with van der Waals surface area (Å²) in [6, 6.07) is 6.57. The second-order valence-electron chi connectivity index (χ2n) is 21.9. The molecule has 0 saturated heterocycles. The summed E-state index contributed by atoms with van der Waals surface area (Å²) in [4.78, 5) is 64.4. The third kappa shape index (κ3) is 32.2. The van der Waals surface area contributed by atoms with Crippen molar-refractivity contribution in [3.05, 3.63) is 111 Å². The first-order chi connectivity index (χ1) is 50.1. The minimum atomic E-state index is -2.92. The molecule has 0 aromatic heterocycles. The van der Waals surface area contributed by atoms with E-state index in [0.29, 0.717) is 117 Å². The van der Waals surface area contributed by atoms with E-state index in [-0.39, 0.29) is 83.4 Å². The number of carbonyl (C=O) groups excluding carboxylic acids is 5. The van der Waals surface area contributed by atoms with Gasteiger partial charge in [0.15, 0.2) is 76.9 Å². The zero-order valence-corrected chi connectivity index (χ0v) is 56.5. The SMILES string of the molecule is O=C(CCOCC(COCCC(=O)OC1=C(F)C(F)=CC(F)C1F)(COCCC(O)Oc1c(F)c(F)cc(F)c1F)OC(=O)CCOCCOCCOCCOCCOCCOCCOCCOCCOCCOCCOCCOCCN1C(=O)c2ccccc2C1=O)OC1=C(F)C(F)CC(F)=C1F. The lowest BCUT2D eigenvalue weighted by molar-refractivity contribution is -0.191. The Morgan fingerprint density at radius 2 is 0.856 bits per heavy atom. The number of fused-ring (bicyclic) bond motifs is 1. The minimum absolute atomic E-state index is 0.0177. The van der Waals surface area contributed by atoms with Crippen LogP contribution in [0.2, 0.25) is 0 Å². The highest BCUT2D eigenvalue weighted by Gasteiger charge is 2.40. The molecule has 586 valence electrons. The van der Waals surface area contributed by atoms with Gasteiger partial charge in [-0.05, 0) is 18.2 Å². The van der Waals surface area contributed by atoms with E-state index in [9.17, 15) is 81.8 Å².